The largest absolute Gasteiger partial charge is 0.341 e. The lowest BCUT2D eigenvalue weighted by Crippen LogP contribution is -2.25. The quantitative estimate of drug-likeness (QED) is 0.137. The van der Waals surface area contributed by atoms with E-state index >= 15 is 0 Å². The number of para-hydroxylation sites is 2. The van der Waals surface area contributed by atoms with Crippen LogP contribution in [0.4, 0.5) is 22.7 Å². The standard InChI is InChI=1S/C49H42N2/c1-49(2)45-30-34(18-24-43(45)44-26-22-40(32-46(44)49)51-28-8-12-36-10-4-6-14-48(36)51)16-15-33-17-23-41-37(29-33)19-20-38-31-39(21-25-42(38)41)50-27-7-11-35-9-3-5-13-47(35)50/h3-6,9-10,13-26,29-32H,7-8,11-12,27-28H2,1-2H3/b16-15+. The number of aryl methyl sites for hydroxylation is 2. The number of benzene rings is 7. The number of hydrogen-bond acceptors (Lipinski definition) is 2. The Hall–Kier alpha value is -5.60. The predicted molar refractivity (Wildman–Crippen MR) is 218 cm³/mol. The van der Waals surface area contributed by atoms with E-state index in [1.807, 2.05) is 0 Å². The average molecular weight is 659 g/mol. The van der Waals surface area contributed by atoms with Crippen LogP contribution in [0, 0.1) is 0 Å². The van der Waals surface area contributed by atoms with E-state index in [9.17, 15) is 0 Å². The van der Waals surface area contributed by atoms with E-state index in [2.05, 4.69) is 169 Å². The molecule has 2 heteroatoms. The van der Waals surface area contributed by atoms with Gasteiger partial charge >= 0.3 is 0 Å². The van der Waals surface area contributed by atoms with Crippen molar-refractivity contribution in [2.24, 2.45) is 0 Å². The first-order valence-corrected chi connectivity index (χ1v) is 18.7. The fourth-order valence-corrected chi connectivity index (χ4v) is 9.16. The first-order chi connectivity index (χ1) is 25.0. The zero-order valence-corrected chi connectivity index (χ0v) is 29.5. The normalized spacial score (nSPS) is 16.0. The fourth-order valence-electron chi connectivity index (χ4n) is 9.16. The second-order valence-electron chi connectivity index (χ2n) is 15.2. The van der Waals surface area contributed by atoms with E-state index < -0.39 is 0 Å². The van der Waals surface area contributed by atoms with E-state index in [4.69, 9.17) is 0 Å². The van der Waals surface area contributed by atoms with E-state index in [1.54, 1.807) is 0 Å². The molecule has 2 aliphatic heterocycles. The summed E-state index contributed by atoms with van der Waals surface area (Å²) in [5.74, 6) is 0. The van der Waals surface area contributed by atoms with Crippen LogP contribution in [0.5, 0.6) is 0 Å². The number of anilines is 4. The van der Waals surface area contributed by atoms with Crippen molar-refractivity contribution in [3.63, 3.8) is 0 Å². The lowest BCUT2D eigenvalue weighted by atomic mass is 9.81. The Bertz CT molecular complexity index is 2540. The minimum absolute atomic E-state index is 0.0684. The molecule has 0 aromatic heterocycles. The van der Waals surface area contributed by atoms with E-state index in [1.165, 1.54) is 102 Å². The van der Waals surface area contributed by atoms with E-state index in [-0.39, 0.29) is 5.41 Å². The molecule has 0 fully saturated rings. The van der Waals surface area contributed by atoms with Crippen molar-refractivity contribution in [3.8, 4) is 11.1 Å². The van der Waals surface area contributed by atoms with Gasteiger partial charge in [-0.25, -0.2) is 0 Å². The number of rotatable bonds is 4. The van der Waals surface area contributed by atoms with Crippen LogP contribution < -0.4 is 9.80 Å². The summed E-state index contributed by atoms with van der Waals surface area (Å²) < 4.78 is 0. The summed E-state index contributed by atoms with van der Waals surface area (Å²) in [6, 6.07) is 50.4. The molecule has 7 aromatic carbocycles. The van der Waals surface area contributed by atoms with Crippen molar-refractivity contribution in [1.29, 1.82) is 0 Å². The third-order valence-corrected chi connectivity index (χ3v) is 11.8. The Labute approximate surface area is 301 Å². The van der Waals surface area contributed by atoms with E-state index in [0.717, 1.165) is 25.9 Å². The lowest BCUT2D eigenvalue weighted by Gasteiger charge is -2.32. The van der Waals surface area contributed by atoms with Crippen molar-refractivity contribution in [3.05, 3.63) is 167 Å². The van der Waals surface area contributed by atoms with Crippen molar-refractivity contribution >= 4 is 56.4 Å². The molecule has 0 unspecified atom stereocenters. The van der Waals surface area contributed by atoms with Gasteiger partial charge in [0, 0.05) is 41.3 Å². The first-order valence-electron chi connectivity index (χ1n) is 18.7. The molecule has 248 valence electrons. The Morgan fingerprint density at radius 1 is 0.490 bits per heavy atom. The molecule has 1 aliphatic carbocycles. The highest BCUT2D eigenvalue weighted by atomic mass is 15.1. The molecule has 0 amide bonds. The molecule has 0 radical (unpaired) electrons. The van der Waals surface area contributed by atoms with Crippen molar-refractivity contribution in [2.75, 3.05) is 22.9 Å². The van der Waals surface area contributed by atoms with Crippen LogP contribution in [0.2, 0.25) is 0 Å². The van der Waals surface area contributed by atoms with Crippen molar-refractivity contribution in [2.45, 2.75) is 44.9 Å². The molecule has 0 bridgehead atoms. The van der Waals surface area contributed by atoms with Gasteiger partial charge in [0.05, 0.1) is 0 Å². The minimum Gasteiger partial charge on any atom is -0.341 e. The molecule has 51 heavy (non-hydrogen) atoms. The molecule has 10 rings (SSSR count). The highest BCUT2D eigenvalue weighted by Crippen LogP contribution is 2.51. The molecule has 2 heterocycles. The van der Waals surface area contributed by atoms with Crippen LogP contribution in [0.1, 0.15) is 60.1 Å². The van der Waals surface area contributed by atoms with Gasteiger partial charge < -0.3 is 9.80 Å². The summed E-state index contributed by atoms with van der Waals surface area (Å²) in [7, 11) is 0. The smallest absolute Gasteiger partial charge is 0.0443 e. The summed E-state index contributed by atoms with van der Waals surface area (Å²) in [6.45, 7) is 6.91. The summed E-state index contributed by atoms with van der Waals surface area (Å²) in [5, 5.41) is 5.18. The molecular weight excluding hydrogens is 617 g/mol. The molecule has 3 aliphatic rings. The molecule has 7 aromatic rings. The molecule has 0 spiro atoms. The second kappa shape index (κ2) is 11.7. The zero-order valence-electron chi connectivity index (χ0n) is 29.5. The Morgan fingerprint density at radius 2 is 1.00 bits per heavy atom. The summed E-state index contributed by atoms with van der Waals surface area (Å²) in [6.07, 6.45) is 9.25. The topological polar surface area (TPSA) is 6.48 Å². The lowest BCUT2D eigenvalue weighted by molar-refractivity contribution is 0.659. The molecule has 0 saturated heterocycles. The number of fused-ring (bicyclic) bond motifs is 8. The maximum atomic E-state index is 2.52. The van der Waals surface area contributed by atoms with E-state index in [0.29, 0.717) is 0 Å². The highest BCUT2D eigenvalue weighted by Gasteiger charge is 2.36. The first kappa shape index (κ1) is 30.2. The second-order valence-corrected chi connectivity index (χ2v) is 15.2. The monoisotopic (exact) mass is 658 g/mol. The van der Waals surface area contributed by atoms with Crippen LogP contribution in [0.15, 0.2) is 133 Å². The van der Waals surface area contributed by atoms with Gasteiger partial charge in [-0.15, -0.1) is 0 Å². The maximum Gasteiger partial charge on any atom is 0.0443 e. The van der Waals surface area contributed by atoms with Gasteiger partial charge in [-0.3, -0.25) is 0 Å². The third kappa shape index (κ3) is 5.00. The molecule has 0 saturated carbocycles. The molecule has 0 atom stereocenters. The maximum absolute atomic E-state index is 2.52. The average Bonchev–Trinajstić information content (AvgIpc) is 3.41. The van der Waals surface area contributed by atoms with Crippen LogP contribution in [0.25, 0.3) is 44.8 Å². The van der Waals surface area contributed by atoms with Gasteiger partial charge in [0.2, 0.25) is 0 Å². The Morgan fingerprint density at radius 3 is 1.69 bits per heavy atom. The van der Waals surface area contributed by atoms with Crippen molar-refractivity contribution < 1.29 is 0 Å². The van der Waals surface area contributed by atoms with Crippen LogP contribution in [-0.4, -0.2) is 13.1 Å². The van der Waals surface area contributed by atoms with Gasteiger partial charge in [-0.05, 0) is 134 Å². The highest BCUT2D eigenvalue weighted by molar-refractivity contribution is 6.09. The Balaban J connectivity index is 0.920. The van der Waals surface area contributed by atoms with Crippen LogP contribution >= 0.6 is 0 Å². The fraction of sp³-hybridized carbons (Fsp3) is 0.184. The Kier molecular flexibility index (Phi) is 6.96. The van der Waals surface area contributed by atoms with Gasteiger partial charge in [-0.1, -0.05) is 117 Å². The molecular formula is C49H42N2. The van der Waals surface area contributed by atoms with Crippen LogP contribution in [-0.2, 0) is 18.3 Å². The minimum atomic E-state index is -0.0684. The zero-order chi connectivity index (χ0) is 34.1. The third-order valence-electron chi connectivity index (χ3n) is 11.8. The van der Waals surface area contributed by atoms with Crippen molar-refractivity contribution in [1.82, 2.24) is 0 Å². The number of nitrogens with zero attached hydrogens (tertiary/aromatic N) is 2. The predicted octanol–water partition coefficient (Wildman–Crippen LogP) is 12.6. The number of hydrogen-bond donors (Lipinski definition) is 0. The molecule has 2 nitrogen and oxygen atoms in total. The summed E-state index contributed by atoms with van der Waals surface area (Å²) in [4.78, 5) is 5.01. The van der Waals surface area contributed by atoms with Gasteiger partial charge in [0.15, 0.2) is 0 Å². The van der Waals surface area contributed by atoms with Gasteiger partial charge in [0.1, 0.15) is 0 Å². The summed E-state index contributed by atoms with van der Waals surface area (Å²) >= 11 is 0. The van der Waals surface area contributed by atoms with Gasteiger partial charge in [0.25, 0.3) is 0 Å². The van der Waals surface area contributed by atoms with Crippen LogP contribution in [0.3, 0.4) is 0 Å². The molecule has 0 N–H and O–H groups in total. The van der Waals surface area contributed by atoms with Gasteiger partial charge in [-0.2, -0.15) is 0 Å². The SMILES string of the molecule is CC1(C)c2cc(/C=C/c3ccc4c(ccc5cc(N6CCCc7ccccc76)ccc54)c3)ccc2-c2ccc(N3CCCc4ccccc43)cc21. The summed E-state index contributed by atoms with van der Waals surface area (Å²) in [5.41, 5.74) is 16.2.